The van der Waals surface area contributed by atoms with E-state index in [1.54, 1.807) is 6.07 Å². The molecular formula is C16H27N3O2S. The first kappa shape index (κ1) is 18.5. The minimum absolute atomic E-state index is 0.133. The molecule has 0 aromatic heterocycles. The van der Waals surface area contributed by atoms with E-state index in [0.717, 1.165) is 24.6 Å². The van der Waals surface area contributed by atoms with E-state index in [4.69, 9.17) is 4.74 Å². The van der Waals surface area contributed by atoms with Crippen LogP contribution in [-0.2, 0) is 6.54 Å². The summed E-state index contributed by atoms with van der Waals surface area (Å²) in [5, 5.41) is 16.6. The molecule has 124 valence electrons. The van der Waals surface area contributed by atoms with Crippen molar-refractivity contribution >= 4 is 17.7 Å². The van der Waals surface area contributed by atoms with Crippen molar-refractivity contribution in [2.75, 3.05) is 26.5 Å². The third kappa shape index (κ3) is 5.67. The predicted octanol–water partition coefficient (Wildman–Crippen LogP) is 2.60. The fourth-order valence-electron chi connectivity index (χ4n) is 1.73. The molecule has 22 heavy (non-hydrogen) atoms. The second kappa shape index (κ2) is 8.78. The minimum Gasteiger partial charge on any atom is -0.504 e. The van der Waals surface area contributed by atoms with Gasteiger partial charge in [-0.15, -0.1) is 0 Å². The molecule has 0 fully saturated rings. The van der Waals surface area contributed by atoms with E-state index in [-0.39, 0.29) is 10.5 Å². The Morgan fingerprint density at radius 3 is 2.68 bits per heavy atom. The van der Waals surface area contributed by atoms with E-state index in [1.165, 1.54) is 7.11 Å². The van der Waals surface area contributed by atoms with Gasteiger partial charge in [0.2, 0.25) is 0 Å². The third-order valence-electron chi connectivity index (χ3n) is 3.29. The Bertz CT molecular complexity index is 504. The minimum atomic E-state index is 0.133. The van der Waals surface area contributed by atoms with Crippen LogP contribution < -0.4 is 15.4 Å². The lowest BCUT2D eigenvalue weighted by molar-refractivity contribution is 0.370. The molecule has 0 unspecified atom stereocenters. The summed E-state index contributed by atoms with van der Waals surface area (Å²) in [5.74, 6) is 1.36. The van der Waals surface area contributed by atoms with Crippen molar-refractivity contribution in [3.05, 3.63) is 23.8 Å². The quantitative estimate of drug-likeness (QED) is 0.531. The van der Waals surface area contributed by atoms with Gasteiger partial charge in [-0.1, -0.05) is 12.1 Å². The Hall–Kier alpha value is -1.56. The predicted molar refractivity (Wildman–Crippen MR) is 95.1 cm³/mol. The van der Waals surface area contributed by atoms with Gasteiger partial charge in [-0.2, -0.15) is 11.8 Å². The van der Waals surface area contributed by atoms with E-state index >= 15 is 0 Å². The van der Waals surface area contributed by atoms with E-state index in [1.807, 2.05) is 30.8 Å². The molecule has 0 heterocycles. The van der Waals surface area contributed by atoms with Crippen LogP contribution in [0.15, 0.2) is 23.2 Å². The Morgan fingerprint density at radius 1 is 1.36 bits per heavy atom. The number of phenols is 1. The van der Waals surface area contributed by atoms with Crippen LogP contribution in [0.25, 0.3) is 0 Å². The van der Waals surface area contributed by atoms with Gasteiger partial charge in [-0.25, -0.2) is 4.99 Å². The van der Waals surface area contributed by atoms with E-state index in [9.17, 15) is 5.11 Å². The summed E-state index contributed by atoms with van der Waals surface area (Å²) in [6.45, 7) is 8.38. The van der Waals surface area contributed by atoms with Crippen LogP contribution in [0.4, 0.5) is 0 Å². The molecule has 0 saturated heterocycles. The monoisotopic (exact) mass is 325 g/mol. The third-order valence-corrected chi connectivity index (χ3v) is 4.54. The highest BCUT2D eigenvalue weighted by Gasteiger charge is 2.16. The fourth-order valence-corrected chi connectivity index (χ4v) is 1.95. The number of thioether (sulfide) groups is 1. The van der Waals surface area contributed by atoms with Crippen molar-refractivity contribution in [1.29, 1.82) is 0 Å². The van der Waals surface area contributed by atoms with Crippen molar-refractivity contribution in [2.45, 2.75) is 32.1 Å². The van der Waals surface area contributed by atoms with E-state index in [2.05, 4.69) is 35.7 Å². The zero-order valence-electron chi connectivity index (χ0n) is 14.1. The number of guanidine groups is 1. The van der Waals surface area contributed by atoms with Gasteiger partial charge in [0.25, 0.3) is 0 Å². The highest BCUT2D eigenvalue weighted by atomic mass is 32.2. The van der Waals surface area contributed by atoms with Gasteiger partial charge in [0.05, 0.1) is 13.7 Å². The second-order valence-corrected chi connectivity index (χ2v) is 6.99. The first-order valence-corrected chi connectivity index (χ1v) is 8.58. The molecule has 0 aliphatic carbocycles. The van der Waals surface area contributed by atoms with Gasteiger partial charge in [0, 0.05) is 23.4 Å². The number of nitrogens with zero attached hydrogens (tertiary/aromatic N) is 1. The molecular weight excluding hydrogens is 298 g/mol. The molecule has 0 aliphatic heterocycles. The summed E-state index contributed by atoms with van der Waals surface area (Å²) in [6, 6.07) is 5.42. The van der Waals surface area contributed by atoms with Gasteiger partial charge < -0.3 is 20.5 Å². The lowest BCUT2D eigenvalue weighted by atomic mass is 10.2. The smallest absolute Gasteiger partial charge is 0.191 e. The first-order valence-electron chi connectivity index (χ1n) is 7.35. The number of para-hydroxylation sites is 1. The SMILES string of the molecule is CCNC(=NCc1cccc(OC)c1O)NCC(C)(C)SC. The average Bonchev–Trinajstić information content (AvgIpc) is 2.51. The van der Waals surface area contributed by atoms with Crippen LogP contribution in [0, 0.1) is 0 Å². The first-order chi connectivity index (χ1) is 10.4. The molecule has 0 atom stereocenters. The molecule has 1 rings (SSSR count). The Labute approximate surface area is 137 Å². The summed E-state index contributed by atoms with van der Waals surface area (Å²) in [5.41, 5.74) is 0.737. The topological polar surface area (TPSA) is 65.9 Å². The van der Waals surface area contributed by atoms with Crippen LogP contribution >= 0.6 is 11.8 Å². The van der Waals surface area contributed by atoms with Crippen molar-refractivity contribution in [3.63, 3.8) is 0 Å². The van der Waals surface area contributed by atoms with Gasteiger partial charge in [0.15, 0.2) is 17.5 Å². The number of hydrogen-bond donors (Lipinski definition) is 3. The van der Waals surface area contributed by atoms with Crippen LogP contribution in [0.1, 0.15) is 26.3 Å². The van der Waals surface area contributed by atoms with E-state index < -0.39 is 0 Å². The van der Waals surface area contributed by atoms with Crippen molar-refractivity contribution < 1.29 is 9.84 Å². The maximum absolute atomic E-state index is 10.1. The summed E-state index contributed by atoms with van der Waals surface area (Å²) >= 11 is 1.81. The number of phenolic OH excluding ortho intramolecular Hbond substituents is 1. The zero-order chi connectivity index (χ0) is 16.6. The fraction of sp³-hybridized carbons (Fsp3) is 0.562. The van der Waals surface area contributed by atoms with Crippen molar-refractivity contribution in [2.24, 2.45) is 4.99 Å². The van der Waals surface area contributed by atoms with E-state index in [0.29, 0.717) is 12.3 Å². The summed E-state index contributed by atoms with van der Waals surface area (Å²) < 4.78 is 5.25. The highest BCUT2D eigenvalue weighted by Crippen LogP contribution is 2.29. The van der Waals surface area contributed by atoms with Crippen LogP contribution in [-0.4, -0.2) is 42.3 Å². The Morgan fingerprint density at radius 2 is 2.09 bits per heavy atom. The maximum Gasteiger partial charge on any atom is 0.191 e. The molecule has 6 heteroatoms. The molecule has 0 saturated carbocycles. The van der Waals surface area contributed by atoms with Gasteiger partial charge in [-0.3, -0.25) is 0 Å². The Balaban J connectivity index is 2.78. The maximum atomic E-state index is 10.1. The van der Waals surface area contributed by atoms with Crippen LogP contribution in [0.5, 0.6) is 11.5 Å². The van der Waals surface area contributed by atoms with Crippen molar-refractivity contribution in [3.8, 4) is 11.5 Å². The number of hydrogen-bond acceptors (Lipinski definition) is 4. The molecule has 3 N–H and O–H groups in total. The van der Waals surface area contributed by atoms with Crippen LogP contribution in [0.2, 0.25) is 0 Å². The molecule has 0 radical (unpaired) electrons. The molecule has 0 spiro atoms. The van der Waals surface area contributed by atoms with Crippen molar-refractivity contribution in [1.82, 2.24) is 10.6 Å². The molecule has 1 aromatic carbocycles. The molecule has 1 aromatic rings. The zero-order valence-corrected chi connectivity index (χ0v) is 14.9. The normalized spacial score (nSPS) is 12.1. The Kier molecular flexibility index (Phi) is 7.38. The molecule has 0 bridgehead atoms. The van der Waals surface area contributed by atoms with Gasteiger partial charge >= 0.3 is 0 Å². The lowest BCUT2D eigenvalue weighted by Gasteiger charge is -2.23. The molecule has 0 amide bonds. The number of benzene rings is 1. The number of ether oxygens (including phenoxy) is 1. The lowest BCUT2D eigenvalue weighted by Crippen LogP contribution is -2.43. The van der Waals surface area contributed by atoms with Gasteiger partial charge in [-0.05, 0) is 33.1 Å². The number of aromatic hydroxyl groups is 1. The number of aliphatic imine (C=N–C) groups is 1. The number of rotatable bonds is 7. The summed E-state index contributed by atoms with van der Waals surface area (Å²) in [6.07, 6.45) is 2.10. The van der Waals surface area contributed by atoms with Gasteiger partial charge in [0.1, 0.15) is 0 Å². The second-order valence-electron chi connectivity index (χ2n) is 5.48. The summed E-state index contributed by atoms with van der Waals surface area (Å²) in [4.78, 5) is 4.53. The van der Waals surface area contributed by atoms with Crippen LogP contribution in [0.3, 0.4) is 0 Å². The highest BCUT2D eigenvalue weighted by molar-refractivity contribution is 7.99. The number of methoxy groups -OCH3 is 1. The largest absolute Gasteiger partial charge is 0.504 e. The average molecular weight is 325 g/mol. The number of nitrogens with one attached hydrogen (secondary N) is 2. The molecule has 0 aliphatic rings. The standard InChI is InChI=1S/C16H27N3O2S/c1-6-17-15(19-11-16(2,3)22-5)18-10-12-8-7-9-13(21-4)14(12)20/h7-9,20H,6,10-11H2,1-5H3,(H2,17,18,19). The summed E-state index contributed by atoms with van der Waals surface area (Å²) in [7, 11) is 1.54. The molecule has 5 nitrogen and oxygen atoms in total.